The van der Waals surface area contributed by atoms with Gasteiger partial charge in [-0.05, 0) is 28.7 Å². The second-order valence-electron chi connectivity index (χ2n) is 11.0. The molecular formula is C29H34FN3O3S. The minimum atomic E-state index is -0.444. The van der Waals surface area contributed by atoms with Gasteiger partial charge in [-0.3, -0.25) is 0 Å². The Hall–Kier alpha value is -3.13. The Kier molecular flexibility index (Phi) is 6.88. The van der Waals surface area contributed by atoms with E-state index in [1.165, 1.54) is 35.6 Å². The summed E-state index contributed by atoms with van der Waals surface area (Å²) < 4.78 is 26.5. The zero-order valence-electron chi connectivity index (χ0n) is 21.9. The number of nitrogens with zero attached hydrogens (tertiary/aromatic N) is 3. The number of hydrogen-bond donors (Lipinski definition) is 0. The molecule has 5 rings (SSSR count). The molecule has 0 saturated carbocycles. The van der Waals surface area contributed by atoms with Gasteiger partial charge in [-0.25, -0.2) is 14.2 Å². The number of piperidine rings is 1. The number of benzene rings is 2. The van der Waals surface area contributed by atoms with Gasteiger partial charge in [-0.15, -0.1) is 0 Å². The van der Waals surface area contributed by atoms with Crippen LogP contribution in [0.5, 0.6) is 5.75 Å². The number of thiazole rings is 1. The van der Waals surface area contributed by atoms with Crippen LogP contribution >= 0.6 is 11.3 Å². The lowest BCUT2D eigenvalue weighted by Crippen LogP contribution is -2.48. The number of aromatic nitrogens is 1. The number of rotatable bonds is 4. The first kappa shape index (κ1) is 25.5. The van der Waals surface area contributed by atoms with Gasteiger partial charge in [-0.2, -0.15) is 0 Å². The van der Waals surface area contributed by atoms with E-state index in [1.807, 2.05) is 6.07 Å². The van der Waals surface area contributed by atoms with E-state index in [0.717, 1.165) is 49.7 Å². The summed E-state index contributed by atoms with van der Waals surface area (Å²) in [4.78, 5) is 21.2. The normalized spacial score (nSPS) is 17.2. The highest BCUT2D eigenvalue weighted by atomic mass is 32.1. The molecule has 8 heteroatoms. The number of para-hydroxylation sites is 1. The van der Waals surface area contributed by atoms with Crippen molar-refractivity contribution in [2.24, 2.45) is 0 Å². The van der Waals surface area contributed by atoms with Crippen LogP contribution in [0.1, 0.15) is 60.8 Å². The van der Waals surface area contributed by atoms with Crippen LogP contribution in [0.25, 0.3) is 0 Å². The third-order valence-electron chi connectivity index (χ3n) is 7.46. The SMILES string of the molecule is COC(=O)c1cnc(N2CCC3(CC2)CCN(Cc2ccc(C(C)(C)C)cc2)c2cccc(F)c2O3)s1. The second kappa shape index (κ2) is 9.97. The third kappa shape index (κ3) is 5.30. The van der Waals surface area contributed by atoms with E-state index >= 15 is 4.39 Å². The molecular weight excluding hydrogens is 489 g/mol. The fraction of sp³-hybridized carbons (Fsp3) is 0.448. The smallest absolute Gasteiger partial charge is 0.349 e. The Labute approximate surface area is 222 Å². The molecule has 2 aliphatic heterocycles. The lowest BCUT2D eigenvalue weighted by molar-refractivity contribution is 0.0375. The number of anilines is 2. The summed E-state index contributed by atoms with van der Waals surface area (Å²) in [6, 6.07) is 13.9. The van der Waals surface area contributed by atoms with E-state index in [-0.39, 0.29) is 17.2 Å². The molecule has 2 aromatic carbocycles. The number of carbonyl (C=O) groups excluding carboxylic acids is 1. The molecule has 0 N–H and O–H groups in total. The lowest BCUT2D eigenvalue weighted by atomic mass is 9.86. The Bertz CT molecular complexity index is 1260. The van der Waals surface area contributed by atoms with Gasteiger partial charge < -0.3 is 19.3 Å². The topological polar surface area (TPSA) is 54.9 Å². The van der Waals surface area contributed by atoms with E-state index < -0.39 is 5.60 Å². The van der Waals surface area contributed by atoms with Crippen molar-refractivity contribution in [2.75, 3.05) is 36.5 Å². The third-order valence-corrected chi connectivity index (χ3v) is 8.50. The van der Waals surface area contributed by atoms with Gasteiger partial charge in [-0.1, -0.05) is 62.4 Å². The van der Waals surface area contributed by atoms with Crippen molar-refractivity contribution in [3.8, 4) is 5.75 Å². The first-order valence-corrected chi connectivity index (χ1v) is 13.6. The molecule has 0 aliphatic carbocycles. The summed E-state index contributed by atoms with van der Waals surface area (Å²) in [7, 11) is 1.37. The van der Waals surface area contributed by atoms with Gasteiger partial charge in [0, 0.05) is 45.4 Å². The van der Waals surface area contributed by atoms with Gasteiger partial charge in [0.2, 0.25) is 0 Å². The largest absolute Gasteiger partial charge is 0.482 e. The van der Waals surface area contributed by atoms with Crippen molar-refractivity contribution in [3.63, 3.8) is 0 Å². The van der Waals surface area contributed by atoms with E-state index in [4.69, 9.17) is 9.47 Å². The predicted octanol–water partition coefficient (Wildman–Crippen LogP) is 6.19. The predicted molar refractivity (Wildman–Crippen MR) is 145 cm³/mol. The van der Waals surface area contributed by atoms with Gasteiger partial charge in [0.15, 0.2) is 16.7 Å². The zero-order valence-corrected chi connectivity index (χ0v) is 22.7. The summed E-state index contributed by atoms with van der Waals surface area (Å²) >= 11 is 1.34. The molecule has 0 unspecified atom stereocenters. The number of methoxy groups -OCH3 is 1. The van der Waals surface area contributed by atoms with Crippen molar-refractivity contribution in [1.82, 2.24) is 4.98 Å². The number of esters is 1. The standard InChI is InChI=1S/C29H34FN3O3S/c1-28(2,3)21-10-8-20(9-11-21)19-33-17-14-29(36-25-22(30)6-5-7-23(25)33)12-15-32(16-13-29)27-31-18-24(37-27)26(34)35-4/h5-11,18H,12-17,19H2,1-4H3. The number of ether oxygens (including phenoxy) is 2. The van der Waals surface area contributed by atoms with Crippen LogP contribution in [0.3, 0.4) is 0 Å². The van der Waals surface area contributed by atoms with Gasteiger partial charge in [0.25, 0.3) is 0 Å². The van der Waals surface area contributed by atoms with Crippen molar-refractivity contribution in [2.45, 2.75) is 57.6 Å². The molecule has 0 bridgehead atoms. The average molecular weight is 524 g/mol. The van der Waals surface area contributed by atoms with Gasteiger partial charge >= 0.3 is 5.97 Å². The summed E-state index contributed by atoms with van der Waals surface area (Å²) in [6.45, 7) is 9.57. The molecule has 1 saturated heterocycles. The maximum absolute atomic E-state index is 15.1. The molecule has 1 aromatic heterocycles. The molecule has 0 atom stereocenters. The maximum Gasteiger partial charge on any atom is 0.349 e. The Balaban J connectivity index is 1.33. The van der Waals surface area contributed by atoms with Crippen LogP contribution in [-0.4, -0.2) is 43.3 Å². The van der Waals surface area contributed by atoms with Crippen molar-refractivity contribution in [1.29, 1.82) is 0 Å². The van der Waals surface area contributed by atoms with Crippen LogP contribution in [0, 0.1) is 5.82 Å². The van der Waals surface area contributed by atoms with Crippen molar-refractivity contribution >= 4 is 28.1 Å². The van der Waals surface area contributed by atoms with Crippen LogP contribution in [0.2, 0.25) is 0 Å². The average Bonchev–Trinajstić information content (AvgIpc) is 3.32. The van der Waals surface area contributed by atoms with Gasteiger partial charge in [0.1, 0.15) is 10.5 Å². The molecule has 1 fully saturated rings. The second-order valence-corrected chi connectivity index (χ2v) is 12.0. The Morgan fingerprint density at radius 1 is 1.11 bits per heavy atom. The molecule has 2 aliphatic rings. The molecule has 0 radical (unpaired) electrons. The first-order valence-electron chi connectivity index (χ1n) is 12.8. The highest BCUT2D eigenvalue weighted by Gasteiger charge is 2.41. The van der Waals surface area contributed by atoms with Crippen molar-refractivity contribution in [3.05, 3.63) is 70.5 Å². The molecule has 1 spiro atoms. The van der Waals surface area contributed by atoms with Crippen LogP contribution in [0.15, 0.2) is 48.7 Å². The van der Waals surface area contributed by atoms with E-state index in [0.29, 0.717) is 17.2 Å². The van der Waals surface area contributed by atoms with Crippen molar-refractivity contribution < 1.29 is 18.7 Å². The minimum Gasteiger partial charge on any atom is -0.482 e. The number of carbonyl (C=O) groups is 1. The summed E-state index contributed by atoms with van der Waals surface area (Å²) in [5.41, 5.74) is 2.96. The first-order chi connectivity index (χ1) is 17.7. The van der Waals surface area contributed by atoms with Gasteiger partial charge in [0.05, 0.1) is 19.0 Å². The maximum atomic E-state index is 15.1. The molecule has 3 aromatic rings. The zero-order chi connectivity index (χ0) is 26.2. The fourth-order valence-corrected chi connectivity index (χ4v) is 6.02. The summed E-state index contributed by atoms with van der Waals surface area (Å²) in [5, 5.41) is 0.802. The summed E-state index contributed by atoms with van der Waals surface area (Å²) in [5.74, 6) is -0.344. The number of fused-ring (bicyclic) bond motifs is 1. The van der Waals surface area contributed by atoms with Crippen LogP contribution in [0.4, 0.5) is 15.2 Å². The molecule has 37 heavy (non-hydrogen) atoms. The summed E-state index contributed by atoms with van der Waals surface area (Å²) in [6.07, 6.45) is 3.88. The number of hydrogen-bond acceptors (Lipinski definition) is 7. The van der Waals surface area contributed by atoms with E-state index in [1.54, 1.807) is 12.3 Å². The number of halogens is 1. The van der Waals surface area contributed by atoms with Crippen LogP contribution < -0.4 is 14.5 Å². The quantitative estimate of drug-likeness (QED) is 0.380. The highest BCUT2D eigenvalue weighted by Crippen LogP contribution is 2.43. The highest BCUT2D eigenvalue weighted by molar-refractivity contribution is 7.17. The molecule has 0 amide bonds. The lowest BCUT2D eigenvalue weighted by Gasteiger charge is -2.41. The molecule has 196 valence electrons. The van der Waals surface area contributed by atoms with E-state index in [9.17, 15) is 4.79 Å². The fourth-order valence-electron chi connectivity index (χ4n) is 5.13. The Morgan fingerprint density at radius 3 is 2.49 bits per heavy atom. The van der Waals surface area contributed by atoms with Crippen LogP contribution in [-0.2, 0) is 16.7 Å². The molecule has 3 heterocycles. The molecule has 6 nitrogen and oxygen atoms in total. The monoisotopic (exact) mass is 523 g/mol. The van der Waals surface area contributed by atoms with E-state index in [2.05, 4.69) is 59.8 Å². The Morgan fingerprint density at radius 2 is 1.81 bits per heavy atom. The minimum absolute atomic E-state index is 0.103.